The minimum absolute atomic E-state index is 0.132. The van der Waals surface area contributed by atoms with Gasteiger partial charge in [0.05, 0.1) is 6.04 Å². The summed E-state index contributed by atoms with van der Waals surface area (Å²) >= 11 is 0. The maximum Gasteiger partial charge on any atom is 0.0503 e. The third-order valence-corrected chi connectivity index (χ3v) is 3.41. The highest BCUT2D eigenvalue weighted by Crippen LogP contribution is 2.23. The zero-order valence-electron chi connectivity index (χ0n) is 10.9. The van der Waals surface area contributed by atoms with Gasteiger partial charge < -0.3 is 0 Å². The van der Waals surface area contributed by atoms with Crippen LogP contribution >= 0.6 is 0 Å². The van der Waals surface area contributed by atoms with Crippen molar-refractivity contribution in [3.8, 4) is 0 Å². The predicted octanol–water partition coefficient (Wildman–Crippen LogP) is 2.45. The first-order valence-corrected chi connectivity index (χ1v) is 6.13. The summed E-state index contributed by atoms with van der Waals surface area (Å²) in [5.74, 6) is 5.71. The SMILES string of the molecule is Cc1cccc(C(Cc2ccncc2)NN)c1C. The van der Waals surface area contributed by atoms with Crippen molar-refractivity contribution in [2.75, 3.05) is 0 Å². The van der Waals surface area contributed by atoms with Crippen LogP contribution in [0.15, 0.2) is 42.7 Å². The monoisotopic (exact) mass is 241 g/mol. The van der Waals surface area contributed by atoms with E-state index in [1.807, 2.05) is 24.5 Å². The molecule has 3 heteroatoms. The van der Waals surface area contributed by atoms with Crippen LogP contribution in [0.25, 0.3) is 0 Å². The lowest BCUT2D eigenvalue weighted by atomic mass is 9.94. The van der Waals surface area contributed by atoms with Crippen LogP contribution in [0.5, 0.6) is 0 Å². The Morgan fingerprint density at radius 2 is 1.89 bits per heavy atom. The maximum absolute atomic E-state index is 5.71. The van der Waals surface area contributed by atoms with Crippen molar-refractivity contribution in [2.24, 2.45) is 5.84 Å². The second-order valence-corrected chi connectivity index (χ2v) is 4.57. The lowest BCUT2D eigenvalue weighted by Crippen LogP contribution is -2.30. The topological polar surface area (TPSA) is 50.9 Å². The maximum atomic E-state index is 5.71. The lowest BCUT2D eigenvalue weighted by molar-refractivity contribution is 0.549. The number of aryl methyl sites for hydroxylation is 1. The Labute approximate surface area is 108 Å². The molecule has 94 valence electrons. The summed E-state index contributed by atoms with van der Waals surface area (Å²) in [7, 11) is 0. The van der Waals surface area contributed by atoms with Crippen LogP contribution in [0, 0.1) is 13.8 Å². The Morgan fingerprint density at radius 3 is 2.56 bits per heavy atom. The van der Waals surface area contributed by atoms with E-state index >= 15 is 0 Å². The second-order valence-electron chi connectivity index (χ2n) is 4.57. The van der Waals surface area contributed by atoms with Crippen molar-refractivity contribution in [2.45, 2.75) is 26.3 Å². The van der Waals surface area contributed by atoms with Gasteiger partial charge in [-0.15, -0.1) is 0 Å². The van der Waals surface area contributed by atoms with Crippen LogP contribution in [0.2, 0.25) is 0 Å². The molecule has 3 N–H and O–H groups in total. The molecule has 0 amide bonds. The van der Waals surface area contributed by atoms with E-state index in [9.17, 15) is 0 Å². The number of nitrogens with two attached hydrogens (primary N) is 1. The first-order chi connectivity index (χ1) is 8.72. The highest BCUT2D eigenvalue weighted by atomic mass is 15.2. The van der Waals surface area contributed by atoms with Gasteiger partial charge in [-0.25, -0.2) is 0 Å². The summed E-state index contributed by atoms with van der Waals surface area (Å²) in [6.07, 6.45) is 4.49. The Kier molecular flexibility index (Phi) is 4.07. The quantitative estimate of drug-likeness (QED) is 0.638. The molecule has 0 saturated heterocycles. The molecule has 2 rings (SSSR count). The summed E-state index contributed by atoms with van der Waals surface area (Å²) in [5, 5.41) is 0. The largest absolute Gasteiger partial charge is 0.271 e. The van der Waals surface area contributed by atoms with Gasteiger partial charge in [-0.3, -0.25) is 16.3 Å². The summed E-state index contributed by atoms with van der Waals surface area (Å²) in [4.78, 5) is 4.03. The number of hydrazine groups is 1. The summed E-state index contributed by atoms with van der Waals surface area (Å²) in [6.45, 7) is 4.26. The molecule has 0 saturated carbocycles. The molecular formula is C15H19N3. The van der Waals surface area contributed by atoms with E-state index in [0.717, 1.165) is 6.42 Å². The van der Waals surface area contributed by atoms with Crippen LogP contribution in [-0.2, 0) is 6.42 Å². The second kappa shape index (κ2) is 5.76. The first kappa shape index (κ1) is 12.7. The predicted molar refractivity (Wildman–Crippen MR) is 73.9 cm³/mol. The molecule has 0 aliphatic carbocycles. The lowest BCUT2D eigenvalue weighted by Gasteiger charge is -2.19. The number of hydrogen-bond acceptors (Lipinski definition) is 3. The van der Waals surface area contributed by atoms with Crippen molar-refractivity contribution in [1.29, 1.82) is 0 Å². The molecule has 0 aliphatic heterocycles. The van der Waals surface area contributed by atoms with Crippen molar-refractivity contribution in [3.63, 3.8) is 0 Å². The molecule has 1 aromatic carbocycles. The Morgan fingerprint density at radius 1 is 1.17 bits per heavy atom. The molecule has 0 bridgehead atoms. The molecular weight excluding hydrogens is 222 g/mol. The number of nitrogens with one attached hydrogen (secondary N) is 1. The summed E-state index contributed by atoms with van der Waals surface area (Å²) < 4.78 is 0. The minimum Gasteiger partial charge on any atom is -0.271 e. The van der Waals surface area contributed by atoms with E-state index in [2.05, 4.69) is 42.5 Å². The highest BCUT2D eigenvalue weighted by Gasteiger charge is 2.13. The van der Waals surface area contributed by atoms with Crippen LogP contribution in [0.3, 0.4) is 0 Å². The Bertz CT molecular complexity index is 508. The fourth-order valence-electron chi connectivity index (χ4n) is 2.16. The number of aromatic nitrogens is 1. The van der Waals surface area contributed by atoms with E-state index < -0.39 is 0 Å². The van der Waals surface area contributed by atoms with Crippen LogP contribution in [0.1, 0.15) is 28.3 Å². The first-order valence-electron chi connectivity index (χ1n) is 6.13. The average molecular weight is 241 g/mol. The van der Waals surface area contributed by atoms with Crippen molar-refractivity contribution >= 4 is 0 Å². The molecule has 18 heavy (non-hydrogen) atoms. The number of nitrogens with zero attached hydrogens (tertiary/aromatic N) is 1. The van der Waals surface area contributed by atoms with Gasteiger partial charge in [0.15, 0.2) is 0 Å². The van der Waals surface area contributed by atoms with Crippen molar-refractivity contribution in [3.05, 3.63) is 65.0 Å². The zero-order valence-corrected chi connectivity index (χ0v) is 10.9. The normalized spacial score (nSPS) is 12.4. The molecule has 0 spiro atoms. The standard InChI is InChI=1S/C15H19N3/c1-11-4-3-5-14(12(11)2)15(18-16)10-13-6-8-17-9-7-13/h3-9,15,18H,10,16H2,1-2H3. The van der Waals surface area contributed by atoms with E-state index in [0.29, 0.717) is 0 Å². The van der Waals surface area contributed by atoms with Gasteiger partial charge in [0.1, 0.15) is 0 Å². The van der Waals surface area contributed by atoms with Crippen LogP contribution in [0.4, 0.5) is 0 Å². The van der Waals surface area contributed by atoms with Crippen LogP contribution < -0.4 is 11.3 Å². The molecule has 1 unspecified atom stereocenters. The molecule has 1 atom stereocenters. The smallest absolute Gasteiger partial charge is 0.0503 e. The van der Waals surface area contributed by atoms with Crippen LogP contribution in [-0.4, -0.2) is 4.98 Å². The zero-order chi connectivity index (χ0) is 13.0. The van der Waals surface area contributed by atoms with Gasteiger partial charge in [-0.1, -0.05) is 18.2 Å². The van der Waals surface area contributed by atoms with Crippen molar-refractivity contribution in [1.82, 2.24) is 10.4 Å². The Balaban J connectivity index is 2.26. The molecule has 0 aliphatic rings. The number of rotatable bonds is 4. The molecule has 0 fully saturated rings. The number of benzene rings is 1. The van der Waals surface area contributed by atoms with E-state index in [1.165, 1.54) is 22.3 Å². The Hall–Kier alpha value is -1.71. The van der Waals surface area contributed by atoms with E-state index in [-0.39, 0.29) is 6.04 Å². The third kappa shape index (κ3) is 2.75. The molecule has 3 nitrogen and oxygen atoms in total. The average Bonchev–Trinajstić information content (AvgIpc) is 2.41. The summed E-state index contributed by atoms with van der Waals surface area (Å²) in [6, 6.07) is 10.5. The third-order valence-electron chi connectivity index (χ3n) is 3.41. The van der Waals surface area contributed by atoms with E-state index in [1.54, 1.807) is 0 Å². The number of pyridine rings is 1. The molecule has 0 radical (unpaired) electrons. The molecule has 2 aromatic rings. The molecule has 1 aromatic heterocycles. The fourth-order valence-corrected chi connectivity index (χ4v) is 2.16. The number of hydrogen-bond donors (Lipinski definition) is 2. The van der Waals surface area contributed by atoms with Gasteiger partial charge >= 0.3 is 0 Å². The highest BCUT2D eigenvalue weighted by molar-refractivity contribution is 5.36. The van der Waals surface area contributed by atoms with Gasteiger partial charge in [0, 0.05) is 12.4 Å². The van der Waals surface area contributed by atoms with Gasteiger partial charge in [0.25, 0.3) is 0 Å². The fraction of sp³-hybridized carbons (Fsp3) is 0.267. The summed E-state index contributed by atoms with van der Waals surface area (Å²) in [5.41, 5.74) is 8.00. The minimum atomic E-state index is 0.132. The van der Waals surface area contributed by atoms with E-state index in [4.69, 9.17) is 5.84 Å². The van der Waals surface area contributed by atoms with Gasteiger partial charge in [-0.05, 0) is 54.7 Å². The van der Waals surface area contributed by atoms with Crippen molar-refractivity contribution < 1.29 is 0 Å². The van der Waals surface area contributed by atoms with Gasteiger partial charge in [-0.2, -0.15) is 0 Å². The van der Waals surface area contributed by atoms with Gasteiger partial charge in [0.2, 0.25) is 0 Å². The molecule has 1 heterocycles.